The summed E-state index contributed by atoms with van der Waals surface area (Å²) in [5, 5.41) is 3.24. The predicted octanol–water partition coefficient (Wildman–Crippen LogP) is 5.86. The van der Waals surface area contributed by atoms with Gasteiger partial charge in [-0.15, -0.1) is 0 Å². The first-order chi connectivity index (χ1) is 14.6. The fourth-order valence-corrected chi connectivity index (χ4v) is 4.58. The molecule has 1 atom stereocenters. The van der Waals surface area contributed by atoms with Crippen LogP contribution >= 0.6 is 0 Å². The normalized spacial score (nSPS) is 16.2. The van der Waals surface area contributed by atoms with Gasteiger partial charge in [0.25, 0.3) is 0 Å². The van der Waals surface area contributed by atoms with Crippen molar-refractivity contribution in [1.82, 2.24) is 4.90 Å². The summed E-state index contributed by atoms with van der Waals surface area (Å²) in [6.45, 7) is 5.93. The minimum atomic E-state index is -0.276. The van der Waals surface area contributed by atoms with Gasteiger partial charge in [-0.05, 0) is 68.0 Å². The second-order valence-electron chi connectivity index (χ2n) is 8.29. The Morgan fingerprint density at radius 1 is 0.833 bits per heavy atom. The molecule has 3 heteroatoms. The van der Waals surface area contributed by atoms with Gasteiger partial charge in [-0.2, -0.15) is 0 Å². The second kappa shape index (κ2) is 9.27. The molecule has 3 nitrogen and oxygen atoms in total. The van der Waals surface area contributed by atoms with E-state index in [1.165, 1.54) is 5.56 Å². The number of nitrogens with zero attached hydrogens (tertiary/aromatic N) is 1. The van der Waals surface area contributed by atoms with Crippen molar-refractivity contribution in [2.24, 2.45) is 0 Å². The maximum absolute atomic E-state index is 13.5. The Bertz CT molecular complexity index is 956. The number of amides is 1. The first-order valence-electron chi connectivity index (χ1n) is 10.8. The van der Waals surface area contributed by atoms with Crippen LogP contribution in [0.2, 0.25) is 0 Å². The highest BCUT2D eigenvalue weighted by atomic mass is 16.2. The summed E-state index contributed by atoms with van der Waals surface area (Å²) in [5.74, 6) is 0.623. The quantitative estimate of drug-likeness (QED) is 0.583. The molecule has 4 rings (SSSR count). The topological polar surface area (TPSA) is 32.3 Å². The van der Waals surface area contributed by atoms with Crippen LogP contribution in [-0.4, -0.2) is 23.9 Å². The average Bonchev–Trinajstić information content (AvgIpc) is 2.78. The molecule has 1 amide bonds. The number of carbonyl (C=O) groups excluding carboxylic acids is 1. The predicted molar refractivity (Wildman–Crippen MR) is 124 cm³/mol. The van der Waals surface area contributed by atoms with Crippen molar-refractivity contribution in [3.05, 3.63) is 101 Å². The van der Waals surface area contributed by atoms with Crippen molar-refractivity contribution >= 4 is 11.6 Å². The third-order valence-electron chi connectivity index (χ3n) is 6.26. The molecule has 0 bridgehead atoms. The minimum Gasteiger partial charge on any atom is -0.324 e. The lowest BCUT2D eigenvalue weighted by Gasteiger charge is -2.37. The lowest BCUT2D eigenvalue weighted by molar-refractivity contribution is -0.122. The SMILES string of the molecule is Cc1cccc(C)c1NC(=O)C(c1ccccc1)N1CCC(c2ccccc2)CC1. The first-order valence-corrected chi connectivity index (χ1v) is 10.8. The van der Waals surface area contributed by atoms with Crippen LogP contribution in [0.3, 0.4) is 0 Å². The van der Waals surface area contributed by atoms with Crippen LogP contribution in [0.1, 0.15) is 47.1 Å². The van der Waals surface area contributed by atoms with Crippen LogP contribution in [0.15, 0.2) is 78.9 Å². The van der Waals surface area contributed by atoms with Crippen LogP contribution in [0.4, 0.5) is 5.69 Å². The molecule has 3 aromatic rings. The first kappa shape index (κ1) is 20.4. The van der Waals surface area contributed by atoms with Gasteiger partial charge in [-0.3, -0.25) is 9.69 Å². The van der Waals surface area contributed by atoms with Gasteiger partial charge in [0.1, 0.15) is 6.04 Å². The zero-order chi connectivity index (χ0) is 20.9. The Morgan fingerprint density at radius 2 is 1.40 bits per heavy atom. The summed E-state index contributed by atoms with van der Waals surface area (Å²) in [6.07, 6.45) is 2.15. The molecule has 1 fully saturated rings. The average molecular weight is 399 g/mol. The van der Waals surface area contributed by atoms with Crippen molar-refractivity contribution in [2.45, 2.75) is 38.6 Å². The number of benzene rings is 3. The Hall–Kier alpha value is -2.91. The molecule has 1 unspecified atom stereocenters. The Kier molecular flexibility index (Phi) is 6.29. The molecule has 0 radical (unpaired) electrons. The van der Waals surface area contributed by atoms with Gasteiger partial charge in [0.2, 0.25) is 5.91 Å². The minimum absolute atomic E-state index is 0.0526. The van der Waals surface area contributed by atoms with E-state index in [1.807, 2.05) is 50.2 Å². The number of aryl methyl sites for hydroxylation is 2. The molecular weight excluding hydrogens is 368 g/mol. The molecule has 1 aliphatic rings. The molecule has 0 saturated carbocycles. The number of hydrogen-bond donors (Lipinski definition) is 1. The van der Waals surface area contributed by atoms with E-state index in [1.54, 1.807) is 0 Å². The molecule has 1 aliphatic heterocycles. The second-order valence-corrected chi connectivity index (χ2v) is 8.29. The molecule has 30 heavy (non-hydrogen) atoms. The number of carbonyl (C=O) groups is 1. The van der Waals surface area contributed by atoms with Crippen molar-refractivity contribution in [2.75, 3.05) is 18.4 Å². The van der Waals surface area contributed by atoms with Crippen molar-refractivity contribution in [3.8, 4) is 0 Å². The lowest BCUT2D eigenvalue weighted by Crippen LogP contribution is -2.42. The largest absolute Gasteiger partial charge is 0.324 e. The number of nitrogens with one attached hydrogen (secondary N) is 1. The van der Waals surface area contributed by atoms with E-state index in [2.05, 4.69) is 52.7 Å². The van der Waals surface area contributed by atoms with Gasteiger partial charge >= 0.3 is 0 Å². The number of hydrogen-bond acceptors (Lipinski definition) is 2. The molecule has 154 valence electrons. The van der Waals surface area contributed by atoms with E-state index in [9.17, 15) is 4.79 Å². The molecule has 1 saturated heterocycles. The standard InChI is InChI=1S/C27H30N2O/c1-20-10-9-11-21(2)25(20)28-27(30)26(24-14-7-4-8-15-24)29-18-16-23(17-19-29)22-12-5-3-6-13-22/h3-15,23,26H,16-19H2,1-2H3,(H,28,30). The van der Waals surface area contributed by atoms with E-state index < -0.39 is 0 Å². The fourth-order valence-electron chi connectivity index (χ4n) is 4.58. The van der Waals surface area contributed by atoms with Crippen LogP contribution < -0.4 is 5.32 Å². The molecule has 3 aromatic carbocycles. The van der Waals surface area contributed by atoms with E-state index in [4.69, 9.17) is 0 Å². The van der Waals surface area contributed by atoms with E-state index in [0.717, 1.165) is 48.3 Å². The fraction of sp³-hybridized carbons (Fsp3) is 0.296. The third-order valence-corrected chi connectivity index (χ3v) is 6.26. The maximum Gasteiger partial charge on any atom is 0.246 e. The summed E-state index contributed by atoms with van der Waals surface area (Å²) in [6, 6.07) is 26.8. The van der Waals surface area contributed by atoms with E-state index in [0.29, 0.717) is 5.92 Å². The van der Waals surface area contributed by atoms with E-state index >= 15 is 0 Å². The van der Waals surface area contributed by atoms with Gasteiger partial charge in [0.15, 0.2) is 0 Å². The third kappa shape index (κ3) is 4.47. The Labute approximate surface area is 179 Å². The summed E-state index contributed by atoms with van der Waals surface area (Å²) < 4.78 is 0. The van der Waals surface area contributed by atoms with Crippen LogP contribution in [0, 0.1) is 13.8 Å². The molecule has 0 aromatic heterocycles. The summed E-state index contributed by atoms with van der Waals surface area (Å²) >= 11 is 0. The monoisotopic (exact) mass is 398 g/mol. The smallest absolute Gasteiger partial charge is 0.246 e. The van der Waals surface area contributed by atoms with Gasteiger partial charge in [0.05, 0.1) is 0 Å². The zero-order valence-corrected chi connectivity index (χ0v) is 17.8. The Balaban J connectivity index is 1.55. The highest BCUT2D eigenvalue weighted by Gasteiger charge is 2.31. The zero-order valence-electron chi connectivity index (χ0n) is 17.8. The molecular formula is C27H30N2O. The van der Waals surface area contributed by atoms with E-state index in [-0.39, 0.29) is 11.9 Å². The highest BCUT2D eigenvalue weighted by Crippen LogP contribution is 2.33. The van der Waals surface area contributed by atoms with Crippen molar-refractivity contribution in [3.63, 3.8) is 0 Å². The van der Waals surface area contributed by atoms with Crippen LogP contribution in [-0.2, 0) is 4.79 Å². The molecule has 0 aliphatic carbocycles. The van der Waals surface area contributed by atoms with Gasteiger partial charge in [-0.25, -0.2) is 0 Å². The summed E-state index contributed by atoms with van der Waals surface area (Å²) in [7, 11) is 0. The van der Waals surface area contributed by atoms with Crippen LogP contribution in [0.5, 0.6) is 0 Å². The number of para-hydroxylation sites is 1. The number of piperidine rings is 1. The van der Waals surface area contributed by atoms with Gasteiger partial charge in [-0.1, -0.05) is 78.9 Å². The van der Waals surface area contributed by atoms with Crippen molar-refractivity contribution < 1.29 is 4.79 Å². The summed E-state index contributed by atoms with van der Waals surface area (Å²) in [4.78, 5) is 15.9. The molecule has 1 N–H and O–H groups in total. The molecule has 1 heterocycles. The number of anilines is 1. The van der Waals surface area contributed by atoms with Crippen molar-refractivity contribution in [1.29, 1.82) is 0 Å². The summed E-state index contributed by atoms with van der Waals surface area (Å²) in [5.41, 5.74) is 5.59. The number of rotatable bonds is 5. The highest BCUT2D eigenvalue weighted by molar-refractivity contribution is 5.96. The maximum atomic E-state index is 13.5. The Morgan fingerprint density at radius 3 is 2.00 bits per heavy atom. The molecule has 0 spiro atoms. The lowest BCUT2D eigenvalue weighted by atomic mass is 9.88. The van der Waals surface area contributed by atoms with Gasteiger partial charge in [0, 0.05) is 5.69 Å². The van der Waals surface area contributed by atoms with Gasteiger partial charge < -0.3 is 5.32 Å². The van der Waals surface area contributed by atoms with Crippen LogP contribution in [0.25, 0.3) is 0 Å². The number of likely N-dealkylation sites (tertiary alicyclic amines) is 1.